The zero-order valence-corrected chi connectivity index (χ0v) is 12.9. The molecule has 0 radical (unpaired) electrons. The first-order valence-electron chi connectivity index (χ1n) is 6.28. The lowest BCUT2D eigenvalue weighted by atomic mass is 10.3. The molecule has 3 rings (SSSR count). The number of aromatic nitrogens is 2. The highest BCUT2D eigenvalue weighted by atomic mass is 32.2. The molecule has 0 saturated carbocycles. The Morgan fingerprint density at radius 2 is 2.19 bits per heavy atom. The summed E-state index contributed by atoms with van der Waals surface area (Å²) in [6.45, 7) is 2.02. The molecule has 3 N–H and O–H groups in total. The third kappa shape index (κ3) is 3.15. The lowest BCUT2D eigenvalue weighted by Crippen LogP contribution is -2.10. The highest BCUT2D eigenvalue weighted by Crippen LogP contribution is 2.29. The van der Waals surface area contributed by atoms with Crippen LogP contribution >= 0.6 is 23.1 Å². The minimum atomic E-state index is -0.241. The van der Waals surface area contributed by atoms with Crippen LogP contribution in [0.15, 0.2) is 35.2 Å². The molecular formula is C14H13FN4S2. The van der Waals surface area contributed by atoms with Crippen LogP contribution in [0.5, 0.6) is 0 Å². The van der Waals surface area contributed by atoms with E-state index in [1.807, 2.05) is 19.1 Å². The van der Waals surface area contributed by atoms with E-state index in [2.05, 4.69) is 15.4 Å². The number of anilines is 1. The lowest BCUT2D eigenvalue weighted by Gasteiger charge is -2.05. The van der Waals surface area contributed by atoms with E-state index in [1.54, 1.807) is 17.4 Å². The minimum Gasteiger partial charge on any atom is -0.308 e. The van der Waals surface area contributed by atoms with Gasteiger partial charge in [-0.2, -0.15) is 0 Å². The highest BCUT2D eigenvalue weighted by Gasteiger charge is 2.10. The van der Waals surface area contributed by atoms with Crippen molar-refractivity contribution in [3.63, 3.8) is 0 Å². The Hall–Kier alpha value is -1.70. The second-order valence-electron chi connectivity index (χ2n) is 4.45. The summed E-state index contributed by atoms with van der Waals surface area (Å²) in [5.41, 5.74) is 2.62. The van der Waals surface area contributed by atoms with Gasteiger partial charge >= 0.3 is 0 Å². The number of nitrogens with two attached hydrogens (primary N) is 1. The standard InChI is InChI=1S/C14H13FN4S2/c1-8-5-11-13(19-16)17-12(18-14(11)21-8)7-20-10-4-2-3-9(15)6-10/h2-6H,7,16H2,1H3,(H,17,18,19). The Balaban J connectivity index is 1.86. The molecule has 0 amide bonds. The van der Waals surface area contributed by atoms with Crippen molar-refractivity contribution in [2.24, 2.45) is 5.84 Å². The molecule has 0 aliphatic carbocycles. The van der Waals surface area contributed by atoms with E-state index in [1.165, 1.54) is 23.9 Å². The van der Waals surface area contributed by atoms with Gasteiger partial charge in [0, 0.05) is 9.77 Å². The maximum absolute atomic E-state index is 13.2. The number of hydrogen-bond donors (Lipinski definition) is 2. The molecule has 108 valence electrons. The molecule has 0 saturated heterocycles. The van der Waals surface area contributed by atoms with E-state index in [0.29, 0.717) is 17.4 Å². The SMILES string of the molecule is Cc1cc2c(NN)nc(CSc3cccc(F)c3)nc2s1. The molecule has 0 atom stereocenters. The maximum Gasteiger partial charge on any atom is 0.152 e. The average Bonchev–Trinajstić information content (AvgIpc) is 2.84. The number of nitrogens with zero attached hydrogens (tertiary/aromatic N) is 2. The molecule has 0 spiro atoms. The number of thiophene rings is 1. The number of hydrogen-bond acceptors (Lipinski definition) is 6. The van der Waals surface area contributed by atoms with Crippen molar-refractivity contribution in [2.45, 2.75) is 17.6 Å². The van der Waals surface area contributed by atoms with Gasteiger partial charge in [-0.3, -0.25) is 0 Å². The van der Waals surface area contributed by atoms with E-state index in [0.717, 1.165) is 20.0 Å². The number of fused-ring (bicyclic) bond motifs is 1. The van der Waals surface area contributed by atoms with Gasteiger partial charge in [0.25, 0.3) is 0 Å². The van der Waals surface area contributed by atoms with Crippen LogP contribution in [0.4, 0.5) is 10.2 Å². The van der Waals surface area contributed by atoms with Gasteiger partial charge in [-0.15, -0.1) is 23.1 Å². The van der Waals surface area contributed by atoms with Crippen LogP contribution in [0, 0.1) is 12.7 Å². The molecule has 2 heterocycles. The number of thioether (sulfide) groups is 1. The van der Waals surface area contributed by atoms with Crippen molar-refractivity contribution in [2.75, 3.05) is 5.43 Å². The van der Waals surface area contributed by atoms with Crippen LogP contribution in [0.3, 0.4) is 0 Å². The van der Waals surface area contributed by atoms with Crippen LogP contribution in [-0.4, -0.2) is 9.97 Å². The quantitative estimate of drug-likeness (QED) is 0.436. The summed E-state index contributed by atoms with van der Waals surface area (Å²) in [5, 5.41) is 0.930. The number of nitrogens with one attached hydrogen (secondary N) is 1. The summed E-state index contributed by atoms with van der Waals surface area (Å²) in [6, 6.07) is 8.50. The number of nitrogen functional groups attached to an aromatic ring is 1. The topological polar surface area (TPSA) is 63.8 Å². The summed E-state index contributed by atoms with van der Waals surface area (Å²) < 4.78 is 13.2. The molecule has 3 aromatic rings. The molecule has 0 fully saturated rings. The Morgan fingerprint density at radius 1 is 1.33 bits per heavy atom. The largest absolute Gasteiger partial charge is 0.308 e. The number of rotatable bonds is 4. The molecule has 2 aromatic heterocycles. The predicted molar refractivity (Wildman–Crippen MR) is 85.9 cm³/mol. The molecule has 4 nitrogen and oxygen atoms in total. The minimum absolute atomic E-state index is 0.241. The third-order valence-corrected chi connectivity index (χ3v) is 4.80. The van der Waals surface area contributed by atoms with E-state index in [4.69, 9.17) is 5.84 Å². The van der Waals surface area contributed by atoms with Crippen molar-refractivity contribution in [1.82, 2.24) is 9.97 Å². The molecule has 0 unspecified atom stereocenters. The van der Waals surface area contributed by atoms with Gasteiger partial charge in [0.15, 0.2) is 5.82 Å². The Bertz CT molecular complexity index is 788. The van der Waals surface area contributed by atoms with Crippen LogP contribution in [0.25, 0.3) is 10.2 Å². The lowest BCUT2D eigenvalue weighted by molar-refractivity contribution is 0.624. The van der Waals surface area contributed by atoms with Gasteiger partial charge in [0.2, 0.25) is 0 Å². The van der Waals surface area contributed by atoms with Gasteiger partial charge in [-0.25, -0.2) is 20.2 Å². The monoisotopic (exact) mass is 320 g/mol. The molecule has 0 bridgehead atoms. The Labute approximate surface area is 129 Å². The van der Waals surface area contributed by atoms with Gasteiger partial charge in [-0.1, -0.05) is 6.07 Å². The van der Waals surface area contributed by atoms with E-state index in [9.17, 15) is 4.39 Å². The number of benzene rings is 1. The molecule has 1 aromatic carbocycles. The van der Waals surface area contributed by atoms with Gasteiger partial charge in [0.1, 0.15) is 16.5 Å². The Morgan fingerprint density at radius 3 is 2.95 bits per heavy atom. The zero-order chi connectivity index (χ0) is 14.8. The first-order chi connectivity index (χ1) is 10.2. The average molecular weight is 320 g/mol. The van der Waals surface area contributed by atoms with E-state index >= 15 is 0 Å². The molecule has 0 aliphatic rings. The van der Waals surface area contributed by atoms with Crippen molar-refractivity contribution in [1.29, 1.82) is 0 Å². The number of aryl methyl sites for hydroxylation is 1. The van der Waals surface area contributed by atoms with E-state index in [-0.39, 0.29) is 5.82 Å². The second-order valence-corrected chi connectivity index (χ2v) is 6.74. The van der Waals surface area contributed by atoms with Crippen LogP contribution in [0.2, 0.25) is 0 Å². The molecular weight excluding hydrogens is 307 g/mol. The fraction of sp³-hybridized carbons (Fsp3) is 0.143. The number of halogens is 1. The van der Waals surface area contributed by atoms with E-state index < -0.39 is 0 Å². The van der Waals surface area contributed by atoms with Crippen molar-refractivity contribution in [3.05, 3.63) is 46.9 Å². The molecule has 7 heteroatoms. The smallest absolute Gasteiger partial charge is 0.152 e. The normalized spacial score (nSPS) is 11.0. The van der Waals surface area contributed by atoms with Crippen LogP contribution in [0.1, 0.15) is 10.7 Å². The zero-order valence-electron chi connectivity index (χ0n) is 11.3. The predicted octanol–water partition coefficient (Wildman–Crippen LogP) is 3.72. The van der Waals surface area contributed by atoms with Crippen LogP contribution < -0.4 is 11.3 Å². The summed E-state index contributed by atoms with van der Waals surface area (Å²) >= 11 is 3.10. The number of hydrazine groups is 1. The van der Waals surface area contributed by atoms with Crippen molar-refractivity contribution < 1.29 is 4.39 Å². The summed E-state index contributed by atoms with van der Waals surface area (Å²) in [6.07, 6.45) is 0. The summed E-state index contributed by atoms with van der Waals surface area (Å²) in [7, 11) is 0. The summed E-state index contributed by atoms with van der Waals surface area (Å²) in [5.74, 6) is 7.15. The maximum atomic E-state index is 13.2. The first kappa shape index (κ1) is 14.2. The second kappa shape index (κ2) is 5.97. The van der Waals surface area contributed by atoms with Crippen LogP contribution in [-0.2, 0) is 5.75 Å². The fourth-order valence-corrected chi connectivity index (χ4v) is 3.66. The molecule has 0 aliphatic heterocycles. The Kier molecular flexibility index (Phi) is 4.05. The molecule has 21 heavy (non-hydrogen) atoms. The third-order valence-electron chi connectivity index (χ3n) is 2.86. The van der Waals surface area contributed by atoms with Crippen molar-refractivity contribution >= 4 is 39.1 Å². The fourth-order valence-electron chi connectivity index (χ4n) is 1.97. The van der Waals surface area contributed by atoms with Crippen molar-refractivity contribution in [3.8, 4) is 0 Å². The van der Waals surface area contributed by atoms with Gasteiger partial charge in [-0.05, 0) is 31.2 Å². The first-order valence-corrected chi connectivity index (χ1v) is 8.08. The summed E-state index contributed by atoms with van der Waals surface area (Å²) in [4.78, 5) is 11.9. The highest BCUT2D eigenvalue weighted by molar-refractivity contribution is 7.98. The van der Waals surface area contributed by atoms with Gasteiger partial charge < -0.3 is 5.43 Å². The van der Waals surface area contributed by atoms with Gasteiger partial charge in [0.05, 0.1) is 11.1 Å².